The lowest BCUT2D eigenvalue weighted by Crippen LogP contribution is -2.50. The Balaban J connectivity index is 2.90. The van der Waals surface area contributed by atoms with Crippen molar-refractivity contribution in [1.82, 2.24) is 5.32 Å². The van der Waals surface area contributed by atoms with Crippen molar-refractivity contribution in [3.8, 4) is 0 Å². The number of nitrogens with one attached hydrogen (secondary N) is 1. The minimum Gasteiger partial charge on any atom is -0.467 e. The molecule has 106 valence electrons. The van der Waals surface area contributed by atoms with E-state index in [1.807, 2.05) is 0 Å². The summed E-state index contributed by atoms with van der Waals surface area (Å²) in [7, 11) is 0.907. The van der Waals surface area contributed by atoms with Gasteiger partial charge >= 0.3 is 18.1 Å². The number of aliphatic hydroxyl groups is 1. The molecule has 0 aliphatic heterocycles. The molecular formula is C10H10F3NO5. The second kappa shape index (κ2) is 5.74. The lowest BCUT2D eigenvalue weighted by molar-refractivity contribution is -0.177. The van der Waals surface area contributed by atoms with E-state index in [0.717, 1.165) is 13.4 Å². The third kappa shape index (κ3) is 3.71. The maximum Gasteiger partial charge on any atom is 0.471 e. The lowest BCUT2D eigenvalue weighted by Gasteiger charge is -2.21. The van der Waals surface area contributed by atoms with Gasteiger partial charge in [-0.15, -0.1) is 0 Å². The van der Waals surface area contributed by atoms with Crippen LogP contribution in [-0.4, -0.2) is 36.3 Å². The zero-order valence-corrected chi connectivity index (χ0v) is 9.60. The van der Waals surface area contributed by atoms with Crippen LogP contribution < -0.4 is 5.32 Å². The number of carbonyl (C=O) groups is 2. The first-order valence-corrected chi connectivity index (χ1v) is 4.94. The topological polar surface area (TPSA) is 88.8 Å². The van der Waals surface area contributed by atoms with Gasteiger partial charge in [0.25, 0.3) is 0 Å². The van der Waals surface area contributed by atoms with Gasteiger partial charge in [-0.2, -0.15) is 13.2 Å². The van der Waals surface area contributed by atoms with Crippen molar-refractivity contribution in [3.63, 3.8) is 0 Å². The van der Waals surface area contributed by atoms with Crippen LogP contribution in [0.2, 0.25) is 0 Å². The number of methoxy groups -OCH3 is 1. The molecule has 1 aromatic rings. The zero-order chi connectivity index (χ0) is 14.6. The molecule has 6 nitrogen and oxygen atoms in total. The van der Waals surface area contributed by atoms with Gasteiger partial charge in [0.15, 0.2) is 6.04 Å². The number of furan rings is 1. The maximum absolute atomic E-state index is 12.1. The number of ether oxygens (including phenoxy) is 1. The fraction of sp³-hybridized carbons (Fsp3) is 0.400. The van der Waals surface area contributed by atoms with Gasteiger partial charge in [-0.05, 0) is 12.1 Å². The first-order chi connectivity index (χ1) is 8.77. The van der Waals surface area contributed by atoms with Crippen molar-refractivity contribution in [1.29, 1.82) is 0 Å². The summed E-state index contributed by atoms with van der Waals surface area (Å²) in [5.41, 5.74) is 0. The molecule has 0 spiro atoms. The van der Waals surface area contributed by atoms with Gasteiger partial charge in [0.2, 0.25) is 0 Å². The van der Waals surface area contributed by atoms with Crippen molar-refractivity contribution >= 4 is 11.9 Å². The number of halogens is 3. The molecule has 0 aliphatic carbocycles. The maximum atomic E-state index is 12.1. The Labute approximate surface area is 105 Å². The summed E-state index contributed by atoms with van der Waals surface area (Å²) in [4.78, 5) is 22.1. The van der Waals surface area contributed by atoms with E-state index in [2.05, 4.69) is 4.74 Å². The van der Waals surface area contributed by atoms with Crippen LogP contribution in [0.1, 0.15) is 11.9 Å². The fourth-order valence-electron chi connectivity index (χ4n) is 1.24. The van der Waals surface area contributed by atoms with Gasteiger partial charge in [0.1, 0.15) is 11.9 Å². The highest BCUT2D eigenvalue weighted by atomic mass is 19.4. The smallest absolute Gasteiger partial charge is 0.467 e. The van der Waals surface area contributed by atoms with Crippen molar-refractivity contribution < 1.29 is 37.0 Å². The van der Waals surface area contributed by atoms with Crippen LogP contribution in [0, 0.1) is 0 Å². The summed E-state index contributed by atoms with van der Waals surface area (Å²) in [6.07, 6.45) is -5.83. The number of amides is 1. The molecule has 0 aliphatic rings. The average Bonchev–Trinajstić information content (AvgIpc) is 2.86. The Kier molecular flexibility index (Phi) is 4.54. The highest BCUT2D eigenvalue weighted by Gasteiger charge is 2.43. The number of carbonyl (C=O) groups excluding carboxylic acids is 2. The Hall–Kier alpha value is -2.03. The highest BCUT2D eigenvalue weighted by molar-refractivity contribution is 5.87. The molecule has 2 atom stereocenters. The van der Waals surface area contributed by atoms with Crippen molar-refractivity contribution in [2.24, 2.45) is 0 Å². The van der Waals surface area contributed by atoms with E-state index in [9.17, 15) is 27.9 Å². The first kappa shape index (κ1) is 15.0. The van der Waals surface area contributed by atoms with Gasteiger partial charge < -0.3 is 19.6 Å². The summed E-state index contributed by atoms with van der Waals surface area (Å²) in [6.45, 7) is 0. The quantitative estimate of drug-likeness (QED) is 0.786. The molecule has 0 radical (unpaired) electrons. The number of aliphatic hydroxyl groups excluding tert-OH is 1. The third-order valence-corrected chi connectivity index (χ3v) is 2.15. The SMILES string of the molecule is COC(=O)[C@@H](NC(=O)C(F)(F)F)[C@H](O)c1ccco1. The molecule has 0 saturated heterocycles. The van der Waals surface area contributed by atoms with Crippen LogP contribution in [-0.2, 0) is 14.3 Å². The number of esters is 1. The van der Waals surface area contributed by atoms with E-state index in [-0.39, 0.29) is 5.76 Å². The molecule has 19 heavy (non-hydrogen) atoms. The third-order valence-electron chi connectivity index (χ3n) is 2.15. The molecule has 0 aromatic carbocycles. The molecule has 1 amide bonds. The number of alkyl halides is 3. The molecule has 9 heteroatoms. The molecule has 2 N–H and O–H groups in total. The van der Waals surface area contributed by atoms with Crippen LogP contribution in [0.5, 0.6) is 0 Å². The summed E-state index contributed by atoms with van der Waals surface area (Å²) >= 11 is 0. The van der Waals surface area contributed by atoms with E-state index in [0.29, 0.717) is 0 Å². The molecule has 1 aromatic heterocycles. The van der Waals surface area contributed by atoms with Crippen molar-refractivity contribution in [2.75, 3.05) is 7.11 Å². The standard InChI is InChI=1S/C10H10F3NO5/c1-18-8(16)6(14-9(17)10(11,12)13)7(15)5-3-2-4-19-5/h2-4,6-7,15H,1H3,(H,14,17)/t6-,7+/m0/s1. The summed E-state index contributed by atoms with van der Waals surface area (Å²) < 4.78 is 45.3. The zero-order valence-electron chi connectivity index (χ0n) is 9.60. The van der Waals surface area contributed by atoms with Gasteiger partial charge in [-0.25, -0.2) is 4.79 Å². The molecule has 1 heterocycles. The lowest BCUT2D eigenvalue weighted by atomic mass is 10.1. The summed E-state index contributed by atoms with van der Waals surface area (Å²) in [6, 6.07) is 0.670. The average molecular weight is 281 g/mol. The minimum atomic E-state index is -5.19. The predicted molar refractivity (Wildman–Crippen MR) is 53.7 cm³/mol. The summed E-state index contributed by atoms with van der Waals surface area (Å²) in [5, 5.41) is 11.1. The van der Waals surface area contributed by atoms with Gasteiger partial charge in [-0.3, -0.25) is 4.79 Å². The van der Waals surface area contributed by atoms with Crippen LogP contribution >= 0.6 is 0 Å². The Morgan fingerprint density at radius 1 is 1.47 bits per heavy atom. The monoisotopic (exact) mass is 281 g/mol. The normalized spacial score (nSPS) is 14.6. The van der Waals surface area contributed by atoms with Crippen LogP contribution in [0.4, 0.5) is 13.2 Å². The summed E-state index contributed by atoms with van der Waals surface area (Å²) in [5.74, 6) is -3.78. The van der Waals surface area contributed by atoms with Gasteiger partial charge in [0, 0.05) is 0 Å². The van der Waals surface area contributed by atoms with Crippen molar-refractivity contribution in [3.05, 3.63) is 24.2 Å². The molecule has 0 unspecified atom stereocenters. The minimum absolute atomic E-state index is 0.183. The van der Waals surface area contributed by atoms with Crippen molar-refractivity contribution in [2.45, 2.75) is 18.3 Å². The second-order valence-corrected chi connectivity index (χ2v) is 3.43. The van der Waals surface area contributed by atoms with E-state index in [1.54, 1.807) is 0 Å². The van der Waals surface area contributed by atoms with Gasteiger partial charge in [0.05, 0.1) is 13.4 Å². The van der Waals surface area contributed by atoms with E-state index >= 15 is 0 Å². The molecule has 0 bridgehead atoms. The van der Waals surface area contributed by atoms with E-state index < -0.39 is 30.2 Å². The molecular weight excluding hydrogens is 271 g/mol. The first-order valence-electron chi connectivity index (χ1n) is 4.94. The second-order valence-electron chi connectivity index (χ2n) is 3.43. The van der Waals surface area contributed by atoms with Crippen LogP contribution in [0.3, 0.4) is 0 Å². The Bertz CT molecular complexity index is 443. The van der Waals surface area contributed by atoms with Crippen LogP contribution in [0.15, 0.2) is 22.8 Å². The number of hydrogen-bond donors (Lipinski definition) is 2. The van der Waals surface area contributed by atoms with Crippen LogP contribution in [0.25, 0.3) is 0 Å². The Morgan fingerprint density at radius 2 is 2.11 bits per heavy atom. The fourth-order valence-corrected chi connectivity index (χ4v) is 1.24. The predicted octanol–water partition coefficient (Wildman–Crippen LogP) is 0.533. The Morgan fingerprint density at radius 3 is 2.53 bits per heavy atom. The molecule has 1 rings (SSSR count). The van der Waals surface area contributed by atoms with E-state index in [1.165, 1.54) is 17.4 Å². The largest absolute Gasteiger partial charge is 0.471 e. The molecule has 0 saturated carbocycles. The van der Waals surface area contributed by atoms with E-state index in [4.69, 9.17) is 4.42 Å². The number of hydrogen-bond acceptors (Lipinski definition) is 5. The molecule has 0 fully saturated rings. The van der Waals surface area contributed by atoms with Gasteiger partial charge in [-0.1, -0.05) is 0 Å². The number of rotatable bonds is 4. The highest BCUT2D eigenvalue weighted by Crippen LogP contribution is 2.21.